The van der Waals surface area contributed by atoms with Crippen LogP contribution in [0.1, 0.15) is 126 Å². The Morgan fingerprint density at radius 1 is 1.00 bits per heavy atom. The van der Waals surface area contributed by atoms with Crippen molar-refractivity contribution in [3.05, 3.63) is 53.6 Å². The van der Waals surface area contributed by atoms with Crippen LogP contribution in [0.25, 0.3) is 6.08 Å². The molecule has 0 aromatic heterocycles. The van der Waals surface area contributed by atoms with Gasteiger partial charge in [-0.3, -0.25) is 0 Å². The van der Waals surface area contributed by atoms with Crippen LogP contribution in [0.5, 0.6) is 11.5 Å². The van der Waals surface area contributed by atoms with Crippen LogP contribution in [0.2, 0.25) is 18.1 Å². The molecule has 0 saturated heterocycles. The number of hydrogen-bond donors (Lipinski definition) is 0. The summed E-state index contributed by atoms with van der Waals surface area (Å²) < 4.78 is 18.3. The number of carbonyl (C=O) groups is 1. The Balaban J connectivity index is 1.20. The van der Waals surface area contributed by atoms with Crippen LogP contribution < -0.4 is 9.16 Å². The molecule has 0 heterocycles. The van der Waals surface area contributed by atoms with Gasteiger partial charge in [-0.25, -0.2) is 4.79 Å². The normalized spacial score (nSPS) is 32.7. The number of benzene rings is 1. The zero-order valence-electron chi connectivity index (χ0n) is 33.7. The van der Waals surface area contributed by atoms with E-state index in [0.717, 1.165) is 54.2 Å². The third-order valence-electron chi connectivity index (χ3n) is 14.8. The minimum absolute atomic E-state index is 0.0481. The maximum absolute atomic E-state index is 13.1. The van der Waals surface area contributed by atoms with E-state index in [1.54, 1.807) is 18.8 Å². The fourth-order valence-corrected chi connectivity index (χ4v) is 11.6. The van der Waals surface area contributed by atoms with Crippen LogP contribution in [0.4, 0.5) is 0 Å². The second-order valence-corrected chi connectivity index (χ2v) is 23.7. The topological polar surface area (TPSA) is 44.8 Å². The first-order valence-corrected chi connectivity index (χ1v) is 23.0. The SMILES string of the molecule is CC[C@H](/C=C/[C@@H](C)[C@H]1CC[C@H]2[C@@H]3CC=C4C[C@@H](OC(=O)/C=C/c5ccc(O[Si](C)(C)C(C)(C)C)c(OC)c5)CC[C@]4(C)[C@H]3CC[C@]12C)C(C)C. The number of esters is 1. The van der Waals surface area contributed by atoms with E-state index in [2.05, 4.69) is 93.6 Å². The molecule has 0 unspecified atom stereocenters. The van der Waals surface area contributed by atoms with Crippen LogP contribution in [0.15, 0.2) is 48.1 Å². The highest BCUT2D eigenvalue weighted by atomic mass is 28.4. The molecule has 4 aliphatic carbocycles. The molecular formula is C45H70O4Si. The Hall–Kier alpha value is -2.27. The number of carbonyl (C=O) groups excluding carboxylic acids is 1. The summed E-state index contributed by atoms with van der Waals surface area (Å²) in [5.41, 5.74) is 3.14. The minimum Gasteiger partial charge on any atom is -0.541 e. The molecular weight excluding hydrogens is 633 g/mol. The Kier molecular flexibility index (Phi) is 11.7. The van der Waals surface area contributed by atoms with Gasteiger partial charge in [-0.05, 0) is 146 Å². The number of allylic oxidation sites excluding steroid dienone is 3. The Morgan fingerprint density at radius 3 is 2.40 bits per heavy atom. The number of ether oxygens (including phenoxy) is 2. The van der Waals surface area contributed by atoms with E-state index >= 15 is 0 Å². The van der Waals surface area contributed by atoms with Crippen molar-refractivity contribution in [2.45, 2.75) is 144 Å². The van der Waals surface area contributed by atoms with Crippen molar-refractivity contribution in [1.29, 1.82) is 0 Å². The quantitative estimate of drug-likeness (QED) is 0.0996. The minimum atomic E-state index is -2.01. The predicted molar refractivity (Wildman–Crippen MR) is 212 cm³/mol. The largest absolute Gasteiger partial charge is 0.541 e. The van der Waals surface area contributed by atoms with Gasteiger partial charge in [-0.15, -0.1) is 0 Å². The summed E-state index contributed by atoms with van der Waals surface area (Å²) in [6.07, 6.45) is 22.0. The summed E-state index contributed by atoms with van der Waals surface area (Å²) in [5, 5.41) is 0.0890. The molecule has 0 N–H and O–H groups in total. The number of methoxy groups -OCH3 is 1. The molecule has 0 aliphatic heterocycles. The summed E-state index contributed by atoms with van der Waals surface area (Å²) in [6, 6.07) is 5.88. The van der Waals surface area contributed by atoms with E-state index in [0.29, 0.717) is 28.9 Å². The summed E-state index contributed by atoms with van der Waals surface area (Å²) in [4.78, 5) is 13.1. The van der Waals surface area contributed by atoms with Crippen molar-refractivity contribution in [1.82, 2.24) is 0 Å². The number of hydrogen-bond acceptors (Lipinski definition) is 4. The van der Waals surface area contributed by atoms with Crippen molar-refractivity contribution in [3.8, 4) is 11.5 Å². The van der Waals surface area contributed by atoms with Gasteiger partial charge in [-0.1, -0.05) is 92.2 Å². The third-order valence-corrected chi connectivity index (χ3v) is 19.2. The monoisotopic (exact) mass is 703 g/mol. The number of fused-ring (bicyclic) bond motifs is 5. The average Bonchev–Trinajstić information content (AvgIpc) is 3.41. The van der Waals surface area contributed by atoms with Crippen molar-refractivity contribution >= 4 is 20.4 Å². The van der Waals surface area contributed by atoms with Gasteiger partial charge in [-0.2, -0.15) is 0 Å². The Bertz CT molecular complexity index is 1450. The van der Waals surface area contributed by atoms with Gasteiger partial charge in [0.05, 0.1) is 7.11 Å². The van der Waals surface area contributed by atoms with Crippen LogP contribution in [0.3, 0.4) is 0 Å². The average molecular weight is 703 g/mol. The highest BCUT2D eigenvalue weighted by Crippen LogP contribution is 2.67. The first kappa shape index (κ1) is 38.9. The summed E-state index contributed by atoms with van der Waals surface area (Å²) in [7, 11) is -0.339. The third kappa shape index (κ3) is 7.74. The van der Waals surface area contributed by atoms with Crippen LogP contribution in [-0.2, 0) is 9.53 Å². The molecule has 278 valence electrons. The summed E-state index contributed by atoms with van der Waals surface area (Å²) in [6.45, 7) is 25.9. The molecule has 0 spiro atoms. The maximum Gasteiger partial charge on any atom is 0.331 e. The fourth-order valence-electron chi connectivity index (χ4n) is 10.6. The molecule has 9 atom stereocenters. The van der Waals surface area contributed by atoms with Gasteiger partial charge in [0, 0.05) is 12.5 Å². The highest BCUT2D eigenvalue weighted by molar-refractivity contribution is 6.74. The summed E-state index contributed by atoms with van der Waals surface area (Å²) in [5.74, 6) is 6.42. The van der Waals surface area contributed by atoms with Gasteiger partial charge in [0.15, 0.2) is 5.75 Å². The van der Waals surface area contributed by atoms with E-state index in [-0.39, 0.29) is 22.5 Å². The molecule has 1 aromatic rings. The summed E-state index contributed by atoms with van der Waals surface area (Å²) >= 11 is 0. The second-order valence-electron chi connectivity index (χ2n) is 19.0. The first-order chi connectivity index (χ1) is 23.4. The van der Waals surface area contributed by atoms with Gasteiger partial charge in [0.2, 0.25) is 0 Å². The standard InChI is InChI=1S/C45H70O4Si/c1-13-33(30(2)3)17-14-31(4)37-20-21-38-36-19-18-34-29-35(24-26-44(34,8)39(36)25-27-45(37,38)9)48-42(46)23-16-32-15-22-40(41(28-32)47-10)49-50(11,12)43(5,6)7/h14-18,22-23,28,30-31,33,35-39H,13,19-21,24-27,29H2,1-12H3/b17-14+,23-16+/t31-,33-,35+,36+,37-,38+,39+,44+,45-/m1/s1. The maximum atomic E-state index is 13.1. The van der Waals surface area contributed by atoms with E-state index in [1.807, 2.05) is 24.3 Å². The smallest absolute Gasteiger partial charge is 0.331 e. The second kappa shape index (κ2) is 15.0. The molecule has 3 saturated carbocycles. The van der Waals surface area contributed by atoms with Gasteiger partial charge in [0.25, 0.3) is 8.32 Å². The van der Waals surface area contributed by atoms with Crippen molar-refractivity contribution < 1.29 is 18.7 Å². The van der Waals surface area contributed by atoms with Crippen LogP contribution >= 0.6 is 0 Å². The molecule has 1 aromatic carbocycles. The van der Waals surface area contributed by atoms with E-state index < -0.39 is 8.32 Å². The highest BCUT2D eigenvalue weighted by Gasteiger charge is 2.59. The van der Waals surface area contributed by atoms with Gasteiger partial charge >= 0.3 is 5.97 Å². The fraction of sp³-hybridized carbons (Fsp3) is 0.711. The van der Waals surface area contributed by atoms with Crippen LogP contribution in [-0.4, -0.2) is 27.5 Å². The first-order valence-electron chi connectivity index (χ1n) is 20.1. The lowest BCUT2D eigenvalue weighted by Gasteiger charge is -2.58. The Morgan fingerprint density at radius 2 is 1.74 bits per heavy atom. The molecule has 3 fully saturated rings. The van der Waals surface area contributed by atoms with Crippen LogP contribution in [0, 0.1) is 52.3 Å². The molecule has 0 radical (unpaired) electrons. The zero-order valence-corrected chi connectivity index (χ0v) is 34.7. The lowest BCUT2D eigenvalue weighted by Crippen LogP contribution is -2.51. The van der Waals surface area contributed by atoms with Crippen molar-refractivity contribution in [3.63, 3.8) is 0 Å². The molecule has 0 amide bonds. The lowest BCUT2D eigenvalue weighted by molar-refractivity contribution is -0.145. The van der Waals surface area contributed by atoms with Crippen molar-refractivity contribution in [2.75, 3.05) is 7.11 Å². The molecule has 5 rings (SSSR count). The van der Waals surface area contributed by atoms with Gasteiger partial charge < -0.3 is 13.9 Å². The lowest BCUT2D eigenvalue weighted by atomic mass is 9.47. The van der Waals surface area contributed by atoms with Crippen molar-refractivity contribution in [2.24, 2.45) is 52.3 Å². The zero-order chi connectivity index (χ0) is 36.6. The van der Waals surface area contributed by atoms with E-state index in [4.69, 9.17) is 13.9 Å². The Labute approximate surface area is 307 Å². The molecule has 4 aliphatic rings. The molecule has 50 heavy (non-hydrogen) atoms. The molecule has 0 bridgehead atoms. The van der Waals surface area contributed by atoms with E-state index in [9.17, 15) is 4.79 Å². The number of rotatable bonds is 11. The van der Waals surface area contributed by atoms with E-state index in [1.165, 1.54) is 38.5 Å². The molecule has 5 heteroatoms. The predicted octanol–water partition coefficient (Wildman–Crippen LogP) is 12.5. The molecule has 4 nitrogen and oxygen atoms in total. The van der Waals surface area contributed by atoms with Gasteiger partial charge in [0.1, 0.15) is 11.9 Å².